The normalized spacial score (nSPS) is 27.6. The molecular formula is C15H21N5O3. The van der Waals surface area contributed by atoms with Crippen LogP contribution in [0.3, 0.4) is 0 Å². The van der Waals surface area contributed by atoms with Gasteiger partial charge in [-0.1, -0.05) is 5.21 Å². The zero-order chi connectivity index (χ0) is 15.8. The van der Waals surface area contributed by atoms with Crippen LogP contribution in [0.2, 0.25) is 0 Å². The van der Waals surface area contributed by atoms with Gasteiger partial charge in [0, 0.05) is 26.1 Å². The van der Waals surface area contributed by atoms with Crippen LogP contribution in [0.4, 0.5) is 0 Å². The Morgan fingerprint density at radius 2 is 2.26 bits per heavy atom. The average molecular weight is 319 g/mol. The molecule has 23 heavy (non-hydrogen) atoms. The van der Waals surface area contributed by atoms with Crippen molar-refractivity contribution in [1.29, 1.82) is 0 Å². The number of hydrogen-bond donors (Lipinski definition) is 0. The van der Waals surface area contributed by atoms with E-state index in [2.05, 4.69) is 10.3 Å². The smallest absolute Gasteiger partial charge is 0.242 e. The van der Waals surface area contributed by atoms with E-state index in [-0.39, 0.29) is 30.5 Å². The summed E-state index contributed by atoms with van der Waals surface area (Å²) in [5.41, 5.74) is 0.951. The highest BCUT2D eigenvalue weighted by molar-refractivity contribution is 5.85. The first-order valence-electron chi connectivity index (χ1n) is 8.28. The third-order valence-electron chi connectivity index (χ3n) is 5.03. The summed E-state index contributed by atoms with van der Waals surface area (Å²) in [7, 11) is 0. The van der Waals surface area contributed by atoms with Crippen molar-refractivity contribution in [3.63, 3.8) is 0 Å². The minimum Gasteiger partial charge on any atom is -0.370 e. The largest absolute Gasteiger partial charge is 0.370 e. The summed E-state index contributed by atoms with van der Waals surface area (Å²) in [5.74, 6) is 0.116. The van der Waals surface area contributed by atoms with Crippen LogP contribution in [-0.2, 0) is 20.9 Å². The van der Waals surface area contributed by atoms with Gasteiger partial charge in [-0.2, -0.15) is 0 Å². The lowest BCUT2D eigenvalue weighted by molar-refractivity contribution is -0.145. The molecule has 0 radical (unpaired) electrons. The highest BCUT2D eigenvalue weighted by Gasteiger charge is 2.38. The van der Waals surface area contributed by atoms with Crippen molar-refractivity contribution in [3.8, 4) is 0 Å². The number of carbonyl (C=O) groups excluding carboxylic acids is 2. The zero-order valence-electron chi connectivity index (χ0n) is 13.1. The Kier molecular flexibility index (Phi) is 3.76. The van der Waals surface area contributed by atoms with Crippen molar-refractivity contribution >= 4 is 11.8 Å². The molecule has 0 spiro atoms. The lowest BCUT2D eigenvalue weighted by Crippen LogP contribution is -2.52. The van der Waals surface area contributed by atoms with Gasteiger partial charge in [0.1, 0.15) is 0 Å². The van der Waals surface area contributed by atoms with Crippen molar-refractivity contribution in [2.24, 2.45) is 0 Å². The van der Waals surface area contributed by atoms with Crippen molar-refractivity contribution in [2.45, 2.75) is 44.4 Å². The molecule has 0 bridgehead atoms. The van der Waals surface area contributed by atoms with Gasteiger partial charge in [0.15, 0.2) is 0 Å². The Morgan fingerprint density at radius 1 is 1.35 bits per heavy atom. The molecule has 2 saturated heterocycles. The van der Waals surface area contributed by atoms with E-state index in [0.717, 1.165) is 25.0 Å². The van der Waals surface area contributed by atoms with Crippen molar-refractivity contribution < 1.29 is 14.3 Å². The number of hydrogen-bond acceptors (Lipinski definition) is 5. The van der Waals surface area contributed by atoms with Gasteiger partial charge >= 0.3 is 0 Å². The quantitative estimate of drug-likeness (QED) is 0.764. The molecule has 0 N–H and O–H groups in total. The summed E-state index contributed by atoms with van der Waals surface area (Å²) < 4.78 is 7.75. The van der Waals surface area contributed by atoms with E-state index in [4.69, 9.17) is 4.74 Å². The van der Waals surface area contributed by atoms with Crippen molar-refractivity contribution in [1.82, 2.24) is 24.8 Å². The standard InChI is InChI=1S/C15H21N5O3/c21-14-3-1-2-5-18(14)9-15(22)19-6-4-13-12(8-19)20-11(10-23-13)7-16-17-20/h7,12-13H,1-6,8-10H2/t12-,13-/m1/s1. The highest BCUT2D eigenvalue weighted by atomic mass is 16.5. The van der Waals surface area contributed by atoms with E-state index in [1.807, 2.05) is 9.58 Å². The van der Waals surface area contributed by atoms with E-state index in [9.17, 15) is 9.59 Å². The second-order valence-corrected chi connectivity index (χ2v) is 6.49. The molecule has 0 aliphatic carbocycles. The minimum absolute atomic E-state index is 0.0194. The molecule has 8 heteroatoms. The average Bonchev–Trinajstić information content (AvgIpc) is 3.05. The van der Waals surface area contributed by atoms with Crippen molar-refractivity contribution in [3.05, 3.63) is 11.9 Å². The van der Waals surface area contributed by atoms with Gasteiger partial charge in [0.05, 0.1) is 37.2 Å². The molecule has 4 heterocycles. The van der Waals surface area contributed by atoms with Gasteiger partial charge in [-0.25, -0.2) is 4.68 Å². The monoisotopic (exact) mass is 319 g/mol. The third-order valence-corrected chi connectivity index (χ3v) is 5.03. The summed E-state index contributed by atoms with van der Waals surface area (Å²) in [6.07, 6.45) is 5.08. The third kappa shape index (κ3) is 2.71. The van der Waals surface area contributed by atoms with Crippen LogP contribution < -0.4 is 0 Å². The molecule has 0 saturated carbocycles. The predicted molar refractivity (Wildman–Crippen MR) is 79.3 cm³/mol. The first-order valence-corrected chi connectivity index (χ1v) is 8.28. The summed E-state index contributed by atoms with van der Waals surface area (Å²) in [5, 5.41) is 8.09. The van der Waals surface area contributed by atoms with Crippen molar-refractivity contribution in [2.75, 3.05) is 26.2 Å². The fraction of sp³-hybridized carbons (Fsp3) is 0.733. The predicted octanol–water partition coefficient (Wildman–Crippen LogP) is -0.0372. The summed E-state index contributed by atoms with van der Waals surface area (Å²) >= 11 is 0. The van der Waals surface area contributed by atoms with E-state index in [0.29, 0.717) is 32.7 Å². The van der Waals surface area contributed by atoms with Crippen LogP contribution in [0.1, 0.15) is 37.4 Å². The number of piperidine rings is 2. The number of nitrogens with zero attached hydrogens (tertiary/aromatic N) is 5. The fourth-order valence-corrected chi connectivity index (χ4v) is 3.70. The van der Waals surface area contributed by atoms with Gasteiger partial charge in [-0.3, -0.25) is 9.59 Å². The molecule has 8 nitrogen and oxygen atoms in total. The molecule has 2 atom stereocenters. The Hall–Kier alpha value is -1.96. The molecule has 1 aromatic rings. The van der Waals surface area contributed by atoms with Crippen LogP contribution in [0.15, 0.2) is 6.20 Å². The maximum atomic E-state index is 12.6. The summed E-state index contributed by atoms with van der Waals surface area (Å²) in [4.78, 5) is 28.0. The van der Waals surface area contributed by atoms with Gasteiger partial charge in [0.2, 0.25) is 11.8 Å². The first kappa shape index (κ1) is 14.6. The molecule has 124 valence electrons. The molecule has 1 aromatic heterocycles. The summed E-state index contributed by atoms with van der Waals surface area (Å²) in [6.45, 7) is 2.67. The molecule has 3 aliphatic rings. The molecule has 0 unspecified atom stereocenters. The number of aromatic nitrogens is 3. The Bertz CT molecular complexity index is 616. The van der Waals surface area contributed by atoms with Crippen LogP contribution in [0, 0.1) is 0 Å². The second-order valence-electron chi connectivity index (χ2n) is 6.49. The molecule has 3 aliphatic heterocycles. The van der Waals surface area contributed by atoms with Gasteiger partial charge < -0.3 is 14.5 Å². The van der Waals surface area contributed by atoms with E-state index < -0.39 is 0 Å². The highest BCUT2D eigenvalue weighted by Crippen LogP contribution is 2.30. The Balaban J connectivity index is 1.43. The first-order chi connectivity index (χ1) is 11.2. The van der Waals surface area contributed by atoms with Gasteiger partial charge in [-0.05, 0) is 19.3 Å². The maximum Gasteiger partial charge on any atom is 0.242 e. The Labute approximate surface area is 134 Å². The number of likely N-dealkylation sites (tertiary alicyclic amines) is 2. The lowest BCUT2D eigenvalue weighted by Gasteiger charge is -2.41. The number of amides is 2. The van der Waals surface area contributed by atoms with E-state index in [1.54, 1.807) is 11.1 Å². The maximum absolute atomic E-state index is 12.6. The molecule has 2 amide bonds. The number of fused-ring (bicyclic) bond motifs is 3. The topological polar surface area (TPSA) is 80.6 Å². The number of rotatable bonds is 2. The number of carbonyl (C=O) groups is 2. The van der Waals surface area contributed by atoms with Crippen LogP contribution in [0.5, 0.6) is 0 Å². The van der Waals surface area contributed by atoms with Gasteiger partial charge in [-0.15, -0.1) is 5.10 Å². The van der Waals surface area contributed by atoms with E-state index in [1.165, 1.54) is 0 Å². The second kappa shape index (κ2) is 5.92. The molecule has 4 rings (SSSR count). The minimum atomic E-state index is 0.0194. The van der Waals surface area contributed by atoms with Crippen LogP contribution in [0.25, 0.3) is 0 Å². The molecule has 0 aromatic carbocycles. The van der Waals surface area contributed by atoms with E-state index >= 15 is 0 Å². The molecule has 2 fully saturated rings. The Morgan fingerprint density at radius 3 is 3.13 bits per heavy atom. The summed E-state index contributed by atoms with van der Waals surface area (Å²) in [6, 6.07) is 0.0241. The van der Waals surface area contributed by atoms with Crippen LogP contribution in [-0.4, -0.2) is 68.9 Å². The van der Waals surface area contributed by atoms with Gasteiger partial charge in [0.25, 0.3) is 0 Å². The lowest BCUT2D eigenvalue weighted by atomic mass is 10.00. The van der Waals surface area contributed by atoms with Crippen LogP contribution >= 0.6 is 0 Å². The SMILES string of the molecule is O=C1CCCCN1CC(=O)N1CC[C@H]2OCc3cnnn3[C@@H]2C1. The number of ether oxygens (including phenoxy) is 1. The molecular weight excluding hydrogens is 298 g/mol. The fourth-order valence-electron chi connectivity index (χ4n) is 3.70. The zero-order valence-corrected chi connectivity index (χ0v) is 13.1.